The maximum Gasteiger partial charge on any atom is 0.330 e. The molecule has 8 heteroatoms. The standard InChI is InChI=1S/C23H34N4O3S/c1-14(2)12-26(19(28)9-10-31-18-8-7-16(5)17(6)11-18)20-21(24)27(13-15(3)4)23(30)25-22(20)29/h7-8,11,14-15H,9-10,12-13,24H2,1-6H3,(H,25,29,30). The Morgan fingerprint density at radius 2 is 1.81 bits per heavy atom. The second-order valence-corrected chi connectivity index (χ2v) is 9.91. The topological polar surface area (TPSA) is 101 Å². The van der Waals surface area contributed by atoms with Gasteiger partial charge in [-0.3, -0.25) is 19.1 Å². The number of hydrogen-bond donors (Lipinski definition) is 2. The third-order valence-electron chi connectivity index (χ3n) is 4.94. The van der Waals surface area contributed by atoms with E-state index in [0.717, 1.165) is 4.90 Å². The Bertz CT molecular complexity index is 1040. The SMILES string of the molecule is Cc1ccc(SCCC(=O)N(CC(C)C)c2c(N)n(CC(C)C)c(=O)[nH]c2=O)cc1C. The van der Waals surface area contributed by atoms with E-state index in [1.54, 1.807) is 11.8 Å². The maximum atomic E-state index is 13.1. The third-order valence-corrected chi connectivity index (χ3v) is 5.94. The predicted octanol–water partition coefficient (Wildman–Crippen LogP) is 3.56. The van der Waals surface area contributed by atoms with E-state index >= 15 is 0 Å². The number of rotatable bonds is 9. The van der Waals surface area contributed by atoms with Crippen molar-refractivity contribution in [1.29, 1.82) is 0 Å². The summed E-state index contributed by atoms with van der Waals surface area (Å²) in [6, 6.07) is 6.23. The summed E-state index contributed by atoms with van der Waals surface area (Å²) >= 11 is 1.61. The Kier molecular flexibility index (Phi) is 8.56. The van der Waals surface area contributed by atoms with Gasteiger partial charge >= 0.3 is 5.69 Å². The molecule has 0 aliphatic carbocycles. The van der Waals surface area contributed by atoms with Gasteiger partial charge < -0.3 is 10.6 Å². The Morgan fingerprint density at radius 1 is 1.13 bits per heavy atom. The number of carbonyl (C=O) groups is 1. The van der Waals surface area contributed by atoms with Crippen molar-refractivity contribution in [3.8, 4) is 0 Å². The molecule has 0 saturated heterocycles. The van der Waals surface area contributed by atoms with Crippen LogP contribution in [-0.4, -0.2) is 27.8 Å². The molecule has 0 atom stereocenters. The van der Waals surface area contributed by atoms with Crippen molar-refractivity contribution in [2.75, 3.05) is 22.9 Å². The predicted molar refractivity (Wildman–Crippen MR) is 129 cm³/mol. The van der Waals surface area contributed by atoms with Gasteiger partial charge in [-0.2, -0.15) is 0 Å². The summed E-state index contributed by atoms with van der Waals surface area (Å²) in [6.45, 7) is 12.7. The van der Waals surface area contributed by atoms with Gasteiger partial charge in [-0.25, -0.2) is 4.79 Å². The van der Waals surface area contributed by atoms with Crippen LogP contribution in [0.2, 0.25) is 0 Å². The summed E-state index contributed by atoms with van der Waals surface area (Å²) in [5, 5.41) is 0. The number of carbonyl (C=O) groups excluding carboxylic acids is 1. The fraction of sp³-hybridized carbons (Fsp3) is 0.522. The van der Waals surface area contributed by atoms with Gasteiger partial charge in [0.25, 0.3) is 5.56 Å². The zero-order valence-corrected chi connectivity index (χ0v) is 20.1. The first-order chi connectivity index (χ1) is 14.5. The monoisotopic (exact) mass is 446 g/mol. The molecular formula is C23H34N4O3S. The van der Waals surface area contributed by atoms with Crippen LogP contribution in [0, 0.1) is 25.7 Å². The van der Waals surface area contributed by atoms with Gasteiger partial charge in [0.05, 0.1) is 0 Å². The van der Waals surface area contributed by atoms with E-state index in [0.29, 0.717) is 18.8 Å². The van der Waals surface area contributed by atoms with Gasteiger partial charge in [0, 0.05) is 30.2 Å². The number of nitrogen functional groups attached to an aromatic ring is 1. The van der Waals surface area contributed by atoms with Gasteiger partial charge in [-0.1, -0.05) is 33.8 Å². The molecule has 0 fully saturated rings. The van der Waals surface area contributed by atoms with Crippen molar-refractivity contribution in [2.24, 2.45) is 11.8 Å². The number of thioether (sulfide) groups is 1. The molecule has 0 radical (unpaired) electrons. The number of hydrogen-bond acceptors (Lipinski definition) is 5. The quantitative estimate of drug-likeness (QED) is 0.574. The normalized spacial score (nSPS) is 11.4. The van der Waals surface area contributed by atoms with E-state index in [4.69, 9.17) is 5.73 Å². The molecular weight excluding hydrogens is 412 g/mol. The summed E-state index contributed by atoms with van der Waals surface area (Å²) in [5.74, 6) is 0.720. The average Bonchev–Trinajstić information content (AvgIpc) is 2.66. The molecule has 0 bridgehead atoms. The first kappa shape index (κ1) is 24.8. The molecule has 0 aliphatic heterocycles. The van der Waals surface area contributed by atoms with Crippen molar-refractivity contribution in [2.45, 2.75) is 59.4 Å². The highest BCUT2D eigenvalue weighted by molar-refractivity contribution is 7.99. The number of aryl methyl sites for hydroxylation is 2. The van der Waals surface area contributed by atoms with E-state index in [-0.39, 0.29) is 35.7 Å². The number of aromatic nitrogens is 2. The maximum absolute atomic E-state index is 13.1. The molecule has 31 heavy (non-hydrogen) atoms. The minimum atomic E-state index is -0.627. The van der Waals surface area contributed by atoms with Crippen LogP contribution >= 0.6 is 11.8 Å². The molecule has 1 heterocycles. The number of nitrogens with two attached hydrogens (primary N) is 1. The smallest absolute Gasteiger partial charge is 0.330 e. The molecule has 0 aliphatic rings. The minimum absolute atomic E-state index is 0.0401. The molecule has 1 aromatic carbocycles. The Labute approximate surface area is 188 Å². The number of aromatic amines is 1. The van der Waals surface area contributed by atoms with Crippen LogP contribution < -0.4 is 21.9 Å². The van der Waals surface area contributed by atoms with Crippen molar-refractivity contribution in [3.63, 3.8) is 0 Å². The zero-order chi connectivity index (χ0) is 23.3. The molecule has 1 aromatic heterocycles. The van der Waals surface area contributed by atoms with Crippen LogP contribution in [-0.2, 0) is 11.3 Å². The van der Waals surface area contributed by atoms with E-state index < -0.39 is 11.2 Å². The number of nitrogens with one attached hydrogen (secondary N) is 1. The number of nitrogens with zero attached hydrogens (tertiary/aromatic N) is 2. The minimum Gasteiger partial charge on any atom is -0.383 e. The zero-order valence-electron chi connectivity index (χ0n) is 19.3. The highest BCUT2D eigenvalue weighted by Crippen LogP contribution is 2.24. The fourth-order valence-corrected chi connectivity index (χ4v) is 4.20. The van der Waals surface area contributed by atoms with Crippen LogP contribution in [0.15, 0.2) is 32.7 Å². The number of amides is 1. The molecule has 3 N–H and O–H groups in total. The van der Waals surface area contributed by atoms with E-state index in [9.17, 15) is 14.4 Å². The van der Waals surface area contributed by atoms with Crippen molar-refractivity contribution in [1.82, 2.24) is 9.55 Å². The van der Waals surface area contributed by atoms with Crippen LogP contribution in [0.4, 0.5) is 11.5 Å². The van der Waals surface area contributed by atoms with Crippen molar-refractivity contribution < 1.29 is 4.79 Å². The first-order valence-electron chi connectivity index (χ1n) is 10.6. The fourth-order valence-electron chi connectivity index (χ4n) is 3.26. The van der Waals surface area contributed by atoms with Gasteiger partial charge in [-0.05, 0) is 48.9 Å². The van der Waals surface area contributed by atoms with Gasteiger partial charge in [0.15, 0.2) is 5.69 Å². The molecule has 0 unspecified atom stereocenters. The Hall–Kier alpha value is -2.48. The molecule has 7 nitrogen and oxygen atoms in total. The lowest BCUT2D eigenvalue weighted by molar-refractivity contribution is -0.118. The highest BCUT2D eigenvalue weighted by Gasteiger charge is 2.25. The van der Waals surface area contributed by atoms with Crippen molar-refractivity contribution >= 4 is 29.2 Å². The molecule has 0 spiro atoms. The summed E-state index contributed by atoms with van der Waals surface area (Å²) < 4.78 is 1.34. The second-order valence-electron chi connectivity index (χ2n) is 8.74. The average molecular weight is 447 g/mol. The summed E-state index contributed by atoms with van der Waals surface area (Å²) in [4.78, 5) is 42.9. The first-order valence-corrected chi connectivity index (χ1v) is 11.6. The van der Waals surface area contributed by atoms with E-state index in [1.807, 2.05) is 33.8 Å². The van der Waals surface area contributed by atoms with Crippen LogP contribution in [0.5, 0.6) is 0 Å². The lowest BCUT2D eigenvalue weighted by Crippen LogP contribution is -2.43. The van der Waals surface area contributed by atoms with Crippen LogP contribution in [0.25, 0.3) is 0 Å². The number of H-pyrrole nitrogens is 1. The second kappa shape index (κ2) is 10.7. The summed E-state index contributed by atoms with van der Waals surface area (Å²) in [6.07, 6.45) is 0.256. The largest absolute Gasteiger partial charge is 0.383 e. The lowest BCUT2D eigenvalue weighted by atomic mass is 10.1. The summed E-state index contributed by atoms with van der Waals surface area (Å²) in [5.41, 5.74) is 7.57. The lowest BCUT2D eigenvalue weighted by Gasteiger charge is -2.26. The van der Waals surface area contributed by atoms with Crippen LogP contribution in [0.3, 0.4) is 0 Å². The Balaban J connectivity index is 2.28. The molecule has 1 amide bonds. The van der Waals surface area contributed by atoms with Gasteiger partial charge in [0.2, 0.25) is 5.91 Å². The molecule has 2 rings (SSSR count). The number of benzene rings is 1. The molecule has 170 valence electrons. The van der Waals surface area contributed by atoms with Crippen molar-refractivity contribution in [3.05, 3.63) is 50.2 Å². The van der Waals surface area contributed by atoms with E-state index in [2.05, 4.69) is 31.0 Å². The third kappa shape index (κ3) is 6.50. The van der Waals surface area contributed by atoms with Gasteiger partial charge in [-0.15, -0.1) is 11.8 Å². The highest BCUT2D eigenvalue weighted by atomic mass is 32.2. The van der Waals surface area contributed by atoms with E-state index in [1.165, 1.54) is 20.6 Å². The molecule has 0 saturated carbocycles. The summed E-state index contributed by atoms with van der Waals surface area (Å²) in [7, 11) is 0. The molecule has 2 aromatic rings. The van der Waals surface area contributed by atoms with Crippen LogP contribution in [0.1, 0.15) is 45.2 Å². The van der Waals surface area contributed by atoms with Gasteiger partial charge in [0.1, 0.15) is 5.82 Å². The Morgan fingerprint density at radius 3 is 2.39 bits per heavy atom. The number of anilines is 2.